The highest BCUT2D eigenvalue weighted by Gasteiger charge is 2.28. The Morgan fingerprint density at radius 2 is 2.00 bits per heavy atom. The van der Waals surface area contributed by atoms with Gasteiger partial charge in [0.05, 0.1) is 18.3 Å². The minimum atomic E-state index is 0.176. The van der Waals surface area contributed by atoms with Gasteiger partial charge in [0, 0.05) is 25.4 Å². The topological polar surface area (TPSA) is 102 Å². The molecule has 140 valence electrons. The maximum absolute atomic E-state index is 5.87. The summed E-state index contributed by atoms with van der Waals surface area (Å²) >= 11 is 0. The lowest BCUT2D eigenvalue weighted by Gasteiger charge is -2.27. The van der Waals surface area contributed by atoms with Crippen LogP contribution in [0.15, 0.2) is 29.0 Å². The second kappa shape index (κ2) is 7.07. The molecule has 1 atom stereocenters. The fourth-order valence-electron chi connectivity index (χ4n) is 3.31. The predicted molar refractivity (Wildman–Crippen MR) is 98.3 cm³/mol. The summed E-state index contributed by atoms with van der Waals surface area (Å²) in [7, 11) is 0. The molecular weight excluding hydrogens is 346 g/mol. The Labute approximate surface area is 156 Å². The molecule has 4 heterocycles. The van der Waals surface area contributed by atoms with E-state index in [0.29, 0.717) is 23.9 Å². The average Bonchev–Trinajstić information content (AvgIpc) is 3.16. The van der Waals surface area contributed by atoms with Crippen molar-refractivity contribution >= 4 is 22.9 Å². The number of rotatable bonds is 7. The first kappa shape index (κ1) is 16.4. The molecule has 3 aromatic rings. The Hall–Kier alpha value is -2.81. The molecule has 27 heavy (non-hydrogen) atoms. The first-order chi connectivity index (χ1) is 13.3. The minimum absolute atomic E-state index is 0.176. The van der Waals surface area contributed by atoms with E-state index in [-0.39, 0.29) is 6.10 Å². The molecule has 2 fully saturated rings. The molecule has 5 rings (SSSR count). The second-order valence-electron chi connectivity index (χ2n) is 7.06. The molecule has 1 saturated carbocycles. The van der Waals surface area contributed by atoms with Gasteiger partial charge in [-0.05, 0) is 48.1 Å². The van der Waals surface area contributed by atoms with Crippen LogP contribution in [-0.4, -0.2) is 50.6 Å². The fraction of sp³-hybridized carbons (Fsp3) is 0.500. The zero-order valence-electron chi connectivity index (χ0n) is 14.9. The number of nitrogens with zero attached hydrogens (tertiary/aromatic N) is 6. The zero-order chi connectivity index (χ0) is 18.1. The van der Waals surface area contributed by atoms with E-state index in [1.807, 2.05) is 18.2 Å². The molecule has 1 aliphatic heterocycles. The van der Waals surface area contributed by atoms with Gasteiger partial charge in [-0.3, -0.25) is 4.98 Å². The van der Waals surface area contributed by atoms with E-state index in [1.165, 1.54) is 0 Å². The van der Waals surface area contributed by atoms with Gasteiger partial charge in [-0.1, -0.05) is 6.07 Å². The molecule has 1 saturated heterocycles. The van der Waals surface area contributed by atoms with Gasteiger partial charge >= 0.3 is 0 Å². The Morgan fingerprint density at radius 1 is 1.11 bits per heavy atom. The van der Waals surface area contributed by atoms with Crippen molar-refractivity contribution in [3.05, 3.63) is 30.1 Å². The number of hydrogen-bond donors (Lipinski definition) is 1. The molecule has 0 spiro atoms. The Morgan fingerprint density at radius 3 is 2.74 bits per heavy atom. The molecule has 9 heteroatoms. The quantitative estimate of drug-likeness (QED) is 0.673. The third-order valence-corrected chi connectivity index (χ3v) is 4.84. The fourth-order valence-corrected chi connectivity index (χ4v) is 3.31. The number of ether oxygens (including phenoxy) is 1. The van der Waals surface area contributed by atoms with Crippen molar-refractivity contribution in [2.45, 2.75) is 44.4 Å². The summed E-state index contributed by atoms with van der Waals surface area (Å²) in [6.45, 7) is 2.15. The van der Waals surface area contributed by atoms with Crippen LogP contribution >= 0.6 is 0 Å². The highest BCUT2D eigenvalue weighted by atomic mass is 16.6. The number of anilines is 2. The first-order valence-electron chi connectivity index (χ1n) is 9.38. The van der Waals surface area contributed by atoms with Gasteiger partial charge in [0.15, 0.2) is 11.6 Å². The van der Waals surface area contributed by atoms with Crippen molar-refractivity contribution in [1.29, 1.82) is 0 Å². The lowest BCUT2D eigenvalue weighted by molar-refractivity contribution is 0.115. The molecule has 0 radical (unpaired) electrons. The van der Waals surface area contributed by atoms with Gasteiger partial charge in [-0.15, -0.1) is 0 Å². The average molecular weight is 367 g/mol. The van der Waals surface area contributed by atoms with Gasteiger partial charge < -0.3 is 15.0 Å². The number of aromatic nitrogens is 5. The van der Waals surface area contributed by atoms with Crippen molar-refractivity contribution in [1.82, 2.24) is 25.3 Å². The number of nitrogens with one attached hydrogen (secondary N) is 1. The third-order valence-electron chi connectivity index (χ3n) is 4.84. The van der Waals surface area contributed by atoms with Gasteiger partial charge in [0.25, 0.3) is 0 Å². The smallest absolute Gasteiger partial charge is 0.245 e. The number of fused-ring (bicyclic) bond motifs is 1. The highest BCUT2D eigenvalue weighted by molar-refractivity contribution is 5.74. The van der Waals surface area contributed by atoms with Crippen LogP contribution in [0.3, 0.4) is 0 Å². The second-order valence-corrected chi connectivity index (χ2v) is 7.06. The molecule has 3 aromatic heterocycles. The van der Waals surface area contributed by atoms with Crippen LogP contribution in [-0.2, 0) is 11.3 Å². The standard InChI is InChI=1S/C18H21N7O2/c1-2-8-19-13(4-1)10-25(11-14-5-3-9-26-14)18-17(20-12-6-7-12)21-15-16(22-18)24-27-23-15/h1-2,4,8,12,14H,3,5-7,9-11H2,(H,20,21,23). The van der Waals surface area contributed by atoms with Crippen LogP contribution in [0.2, 0.25) is 0 Å². The maximum Gasteiger partial charge on any atom is 0.245 e. The molecule has 1 N–H and O–H groups in total. The molecule has 0 aromatic carbocycles. The Balaban J connectivity index is 1.52. The summed E-state index contributed by atoms with van der Waals surface area (Å²) in [5.41, 5.74) is 1.79. The largest absolute Gasteiger partial charge is 0.376 e. The van der Waals surface area contributed by atoms with Gasteiger partial charge in [-0.2, -0.15) is 0 Å². The van der Waals surface area contributed by atoms with Crippen LogP contribution in [0, 0.1) is 0 Å². The van der Waals surface area contributed by atoms with E-state index in [9.17, 15) is 0 Å². The number of hydrogen-bond acceptors (Lipinski definition) is 9. The molecule has 0 bridgehead atoms. The van der Waals surface area contributed by atoms with Crippen LogP contribution in [0.5, 0.6) is 0 Å². The van der Waals surface area contributed by atoms with Crippen LogP contribution < -0.4 is 10.2 Å². The summed E-state index contributed by atoms with van der Waals surface area (Å²) in [5, 5.41) is 11.2. The van der Waals surface area contributed by atoms with E-state index in [0.717, 1.165) is 56.2 Å². The molecular formula is C18H21N7O2. The monoisotopic (exact) mass is 367 g/mol. The van der Waals surface area contributed by atoms with E-state index >= 15 is 0 Å². The van der Waals surface area contributed by atoms with E-state index in [4.69, 9.17) is 14.3 Å². The van der Waals surface area contributed by atoms with Gasteiger partial charge in [0.1, 0.15) is 0 Å². The Kier molecular flexibility index (Phi) is 4.29. The normalized spacial score (nSPS) is 19.5. The summed E-state index contributed by atoms with van der Waals surface area (Å²) in [5.74, 6) is 1.46. The van der Waals surface area contributed by atoms with Crippen molar-refractivity contribution in [3.63, 3.8) is 0 Å². The molecule has 2 aliphatic rings. The molecule has 0 amide bonds. The van der Waals surface area contributed by atoms with Crippen molar-refractivity contribution in [2.75, 3.05) is 23.4 Å². The summed E-state index contributed by atoms with van der Waals surface area (Å²) < 4.78 is 10.7. The lowest BCUT2D eigenvalue weighted by Crippen LogP contribution is -2.33. The summed E-state index contributed by atoms with van der Waals surface area (Å²) in [4.78, 5) is 16.0. The first-order valence-corrected chi connectivity index (χ1v) is 9.38. The van der Waals surface area contributed by atoms with Crippen LogP contribution in [0.1, 0.15) is 31.4 Å². The van der Waals surface area contributed by atoms with E-state index in [2.05, 4.69) is 30.5 Å². The highest BCUT2D eigenvalue weighted by Crippen LogP contribution is 2.31. The molecule has 1 aliphatic carbocycles. The van der Waals surface area contributed by atoms with Gasteiger partial charge in [-0.25, -0.2) is 14.6 Å². The SMILES string of the molecule is c1ccc(CN(CC2CCCO2)c2nc3nonc3nc2NC2CC2)nc1. The molecule has 9 nitrogen and oxygen atoms in total. The Bertz CT molecular complexity index is 906. The third kappa shape index (κ3) is 3.68. The molecule has 1 unspecified atom stereocenters. The number of pyridine rings is 1. The van der Waals surface area contributed by atoms with Crippen molar-refractivity contribution in [2.24, 2.45) is 0 Å². The minimum Gasteiger partial charge on any atom is -0.376 e. The zero-order valence-corrected chi connectivity index (χ0v) is 14.9. The maximum atomic E-state index is 5.87. The van der Waals surface area contributed by atoms with E-state index in [1.54, 1.807) is 6.20 Å². The lowest BCUT2D eigenvalue weighted by atomic mass is 10.2. The van der Waals surface area contributed by atoms with Crippen molar-refractivity contribution in [3.8, 4) is 0 Å². The van der Waals surface area contributed by atoms with E-state index < -0.39 is 0 Å². The van der Waals surface area contributed by atoms with Crippen LogP contribution in [0.25, 0.3) is 11.3 Å². The van der Waals surface area contributed by atoms with Gasteiger partial charge in [0.2, 0.25) is 11.3 Å². The summed E-state index contributed by atoms with van der Waals surface area (Å²) in [6, 6.07) is 6.36. The van der Waals surface area contributed by atoms with Crippen LogP contribution in [0.4, 0.5) is 11.6 Å². The predicted octanol–water partition coefficient (Wildman–Crippen LogP) is 2.17. The van der Waals surface area contributed by atoms with Crippen molar-refractivity contribution < 1.29 is 9.37 Å². The summed E-state index contributed by atoms with van der Waals surface area (Å²) in [6.07, 6.45) is 6.40.